The van der Waals surface area contributed by atoms with E-state index in [1.54, 1.807) is 0 Å². The van der Waals surface area contributed by atoms with E-state index in [-0.39, 0.29) is 6.04 Å². The molecule has 0 aliphatic carbocycles. The molecule has 1 fully saturated rings. The number of piperazine rings is 1. The van der Waals surface area contributed by atoms with Gasteiger partial charge in [0, 0.05) is 31.6 Å². The lowest BCUT2D eigenvalue weighted by atomic mass is 10.1. The first kappa shape index (κ1) is 16.3. The van der Waals surface area contributed by atoms with Gasteiger partial charge in [-0.15, -0.1) is 0 Å². The monoisotopic (exact) mass is 357 g/mol. The molecule has 130 valence electrons. The van der Waals surface area contributed by atoms with Gasteiger partial charge in [-0.25, -0.2) is 4.98 Å². The molecule has 2 aromatic heterocycles. The van der Waals surface area contributed by atoms with Gasteiger partial charge < -0.3 is 9.42 Å². The standard InChI is InChI=1S/C18H20ClN5O/c1-12(18-20-13(2)22-25-18)23-7-9-24(10-8-23)17-15-6-4-3-5-14(15)11-16(19)21-17/h3-6,11-12H,7-10H2,1-2H3. The van der Waals surface area contributed by atoms with E-state index in [0.29, 0.717) is 16.9 Å². The summed E-state index contributed by atoms with van der Waals surface area (Å²) in [4.78, 5) is 13.6. The second-order valence-electron chi connectivity index (χ2n) is 6.37. The Morgan fingerprint density at radius 1 is 1.12 bits per heavy atom. The number of nitrogens with zero attached hydrogens (tertiary/aromatic N) is 5. The van der Waals surface area contributed by atoms with Gasteiger partial charge >= 0.3 is 0 Å². The van der Waals surface area contributed by atoms with Gasteiger partial charge in [-0.05, 0) is 25.3 Å². The topological polar surface area (TPSA) is 58.3 Å². The molecule has 3 aromatic rings. The second kappa shape index (κ2) is 6.61. The normalized spacial score (nSPS) is 17.2. The molecular weight excluding hydrogens is 338 g/mol. The Kier molecular flexibility index (Phi) is 4.31. The number of pyridine rings is 1. The molecule has 0 bridgehead atoms. The maximum atomic E-state index is 6.23. The van der Waals surface area contributed by atoms with Crippen molar-refractivity contribution >= 4 is 28.2 Å². The van der Waals surface area contributed by atoms with Gasteiger partial charge in [0.2, 0.25) is 5.89 Å². The van der Waals surface area contributed by atoms with Crippen LogP contribution in [-0.4, -0.2) is 46.2 Å². The molecule has 3 heterocycles. The number of hydrogen-bond acceptors (Lipinski definition) is 6. The van der Waals surface area contributed by atoms with Crippen LogP contribution in [0.5, 0.6) is 0 Å². The predicted molar refractivity (Wildman–Crippen MR) is 98.0 cm³/mol. The molecule has 0 amide bonds. The van der Waals surface area contributed by atoms with Gasteiger partial charge in [0.1, 0.15) is 11.0 Å². The molecule has 7 heteroatoms. The van der Waals surface area contributed by atoms with Crippen LogP contribution in [-0.2, 0) is 0 Å². The summed E-state index contributed by atoms with van der Waals surface area (Å²) in [6, 6.07) is 10.3. The van der Waals surface area contributed by atoms with E-state index >= 15 is 0 Å². The average molecular weight is 358 g/mol. The second-order valence-corrected chi connectivity index (χ2v) is 6.76. The van der Waals surface area contributed by atoms with Crippen LogP contribution in [0, 0.1) is 6.92 Å². The fourth-order valence-corrected chi connectivity index (χ4v) is 3.55. The van der Waals surface area contributed by atoms with Gasteiger partial charge in [0.15, 0.2) is 5.82 Å². The quantitative estimate of drug-likeness (QED) is 0.669. The molecule has 0 saturated carbocycles. The molecule has 1 unspecified atom stereocenters. The lowest BCUT2D eigenvalue weighted by Gasteiger charge is -2.37. The zero-order valence-corrected chi connectivity index (χ0v) is 15.1. The highest BCUT2D eigenvalue weighted by atomic mass is 35.5. The first-order valence-electron chi connectivity index (χ1n) is 8.46. The van der Waals surface area contributed by atoms with Crippen LogP contribution in [0.3, 0.4) is 0 Å². The Balaban J connectivity index is 1.52. The minimum atomic E-state index is 0.118. The van der Waals surface area contributed by atoms with E-state index in [1.807, 2.05) is 25.1 Å². The highest BCUT2D eigenvalue weighted by Gasteiger charge is 2.26. The Hall–Kier alpha value is -2.18. The Morgan fingerprint density at radius 2 is 1.88 bits per heavy atom. The number of anilines is 1. The third kappa shape index (κ3) is 3.19. The van der Waals surface area contributed by atoms with Crippen molar-refractivity contribution in [2.45, 2.75) is 19.9 Å². The molecule has 1 aliphatic rings. The molecule has 1 atom stereocenters. The van der Waals surface area contributed by atoms with Crippen molar-refractivity contribution in [1.82, 2.24) is 20.0 Å². The van der Waals surface area contributed by atoms with Gasteiger partial charge in [0.05, 0.1) is 6.04 Å². The number of aryl methyl sites for hydroxylation is 1. The molecular formula is C18H20ClN5O. The third-order valence-electron chi connectivity index (χ3n) is 4.75. The summed E-state index contributed by atoms with van der Waals surface area (Å²) in [5.74, 6) is 2.32. The summed E-state index contributed by atoms with van der Waals surface area (Å²) < 4.78 is 5.32. The van der Waals surface area contributed by atoms with E-state index in [9.17, 15) is 0 Å². The van der Waals surface area contributed by atoms with Gasteiger partial charge in [-0.1, -0.05) is 41.0 Å². The molecule has 1 aliphatic heterocycles. The average Bonchev–Trinajstić information content (AvgIpc) is 3.07. The van der Waals surface area contributed by atoms with E-state index in [2.05, 4.69) is 44.0 Å². The van der Waals surface area contributed by atoms with Crippen LogP contribution in [0.25, 0.3) is 10.8 Å². The first-order chi connectivity index (χ1) is 12.1. The number of halogens is 1. The van der Waals surface area contributed by atoms with Crippen LogP contribution in [0.4, 0.5) is 5.82 Å². The van der Waals surface area contributed by atoms with Crippen LogP contribution < -0.4 is 4.90 Å². The number of fused-ring (bicyclic) bond motifs is 1. The Bertz CT molecular complexity index is 888. The van der Waals surface area contributed by atoms with Crippen LogP contribution in [0.15, 0.2) is 34.9 Å². The van der Waals surface area contributed by atoms with Crippen molar-refractivity contribution in [2.75, 3.05) is 31.1 Å². The maximum absolute atomic E-state index is 6.23. The molecule has 1 saturated heterocycles. The summed E-state index contributed by atoms with van der Waals surface area (Å²) in [7, 11) is 0. The Morgan fingerprint density at radius 3 is 2.60 bits per heavy atom. The van der Waals surface area contributed by atoms with Crippen molar-refractivity contribution in [3.8, 4) is 0 Å². The van der Waals surface area contributed by atoms with Gasteiger partial charge in [-0.2, -0.15) is 4.98 Å². The lowest BCUT2D eigenvalue weighted by molar-refractivity contribution is 0.164. The number of rotatable bonds is 3. The lowest BCUT2D eigenvalue weighted by Crippen LogP contribution is -2.47. The van der Waals surface area contributed by atoms with Crippen molar-refractivity contribution in [1.29, 1.82) is 0 Å². The summed E-state index contributed by atoms with van der Waals surface area (Å²) in [6.45, 7) is 7.53. The summed E-state index contributed by atoms with van der Waals surface area (Å²) >= 11 is 6.23. The highest BCUT2D eigenvalue weighted by Crippen LogP contribution is 2.29. The van der Waals surface area contributed by atoms with E-state index in [1.165, 1.54) is 0 Å². The number of aromatic nitrogens is 3. The number of benzene rings is 1. The molecule has 0 radical (unpaired) electrons. The zero-order chi connectivity index (χ0) is 17.4. The van der Waals surface area contributed by atoms with Crippen molar-refractivity contribution in [3.63, 3.8) is 0 Å². The van der Waals surface area contributed by atoms with E-state index in [4.69, 9.17) is 16.1 Å². The largest absolute Gasteiger partial charge is 0.353 e. The minimum absolute atomic E-state index is 0.118. The SMILES string of the molecule is Cc1noc(C(C)N2CCN(c3nc(Cl)cc4ccccc34)CC2)n1. The maximum Gasteiger partial charge on any atom is 0.243 e. The van der Waals surface area contributed by atoms with Crippen molar-refractivity contribution in [3.05, 3.63) is 47.2 Å². The molecule has 0 spiro atoms. The van der Waals surface area contributed by atoms with Crippen LogP contribution >= 0.6 is 11.6 Å². The molecule has 25 heavy (non-hydrogen) atoms. The molecule has 4 rings (SSSR count). The van der Waals surface area contributed by atoms with Crippen LogP contribution in [0.1, 0.15) is 24.7 Å². The molecule has 0 N–H and O–H groups in total. The zero-order valence-electron chi connectivity index (χ0n) is 14.3. The van der Waals surface area contributed by atoms with E-state index < -0.39 is 0 Å². The fourth-order valence-electron chi connectivity index (χ4n) is 3.35. The molecule has 1 aromatic carbocycles. The third-order valence-corrected chi connectivity index (χ3v) is 4.94. The minimum Gasteiger partial charge on any atom is -0.353 e. The summed E-state index contributed by atoms with van der Waals surface area (Å²) in [5, 5.41) is 6.68. The summed E-state index contributed by atoms with van der Waals surface area (Å²) in [6.07, 6.45) is 0. The fraction of sp³-hybridized carbons (Fsp3) is 0.389. The first-order valence-corrected chi connectivity index (χ1v) is 8.84. The predicted octanol–water partition coefficient (Wildman–Crippen LogP) is 3.46. The smallest absolute Gasteiger partial charge is 0.243 e. The van der Waals surface area contributed by atoms with E-state index in [0.717, 1.165) is 42.8 Å². The molecule has 6 nitrogen and oxygen atoms in total. The van der Waals surface area contributed by atoms with Gasteiger partial charge in [0.25, 0.3) is 0 Å². The van der Waals surface area contributed by atoms with Gasteiger partial charge in [-0.3, -0.25) is 4.90 Å². The highest BCUT2D eigenvalue weighted by molar-refractivity contribution is 6.30. The Labute approximate surface area is 151 Å². The van der Waals surface area contributed by atoms with Crippen molar-refractivity contribution < 1.29 is 4.52 Å². The number of hydrogen-bond donors (Lipinski definition) is 0. The van der Waals surface area contributed by atoms with Crippen LogP contribution in [0.2, 0.25) is 5.15 Å². The van der Waals surface area contributed by atoms with Crippen molar-refractivity contribution in [2.24, 2.45) is 0 Å². The summed E-state index contributed by atoms with van der Waals surface area (Å²) in [5.41, 5.74) is 0.